The minimum absolute atomic E-state index is 0.328. The first-order valence-corrected chi connectivity index (χ1v) is 8.06. The molecule has 4 heteroatoms. The van der Waals surface area contributed by atoms with E-state index in [2.05, 4.69) is 64.6 Å². The highest BCUT2D eigenvalue weighted by molar-refractivity contribution is 9.10. The lowest BCUT2D eigenvalue weighted by atomic mass is 10.1. The van der Waals surface area contributed by atoms with Crippen LogP contribution in [0.5, 0.6) is 0 Å². The van der Waals surface area contributed by atoms with Crippen molar-refractivity contribution >= 4 is 45.0 Å². The van der Waals surface area contributed by atoms with Crippen LogP contribution in [-0.4, -0.2) is 23.6 Å². The zero-order valence-electron chi connectivity index (χ0n) is 10.2. The highest BCUT2D eigenvalue weighted by Gasteiger charge is 2.27. The monoisotopic (exact) mass is 333 g/mol. The van der Waals surface area contributed by atoms with E-state index in [1.54, 1.807) is 0 Å². The molecule has 0 spiro atoms. The van der Waals surface area contributed by atoms with Gasteiger partial charge in [0.2, 0.25) is 0 Å². The predicted octanol–water partition coefficient (Wildman–Crippen LogP) is 4.52. The fourth-order valence-corrected chi connectivity index (χ4v) is 3.93. The van der Waals surface area contributed by atoms with Gasteiger partial charge in [-0.1, -0.05) is 15.9 Å². The molecule has 2 rings (SSSR count). The molecule has 0 amide bonds. The van der Waals surface area contributed by atoms with Gasteiger partial charge in [0.1, 0.15) is 0 Å². The predicted molar refractivity (Wildman–Crippen MR) is 82.4 cm³/mol. The van der Waals surface area contributed by atoms with Crippen LogP contribution in [0.1, 0.15) is 19.4 Å². The molecule has 0 atom stereocenters. The maximum absolute atomic E-state index is 6.04. The van der Waals surface area contributed by atoms with Crippen molar-refractivity contribution in [2.45, 2.75) is 24.5 Å². The third-order valence-electron chi connectivity index (χ3n) is 2.95. The Kier molecular flexibility index (Phi) is 4.32. The van der Waals surface area contributed by atoms with Gasteiger partial charge < -0.3 is 4.90 Å². The second-order valence-corrected chi connectivity index (χ2v) is 7.92. The molecule has 0 radical (unpaired) electrons. The van der Waals surface area contributed by atoms with Gasteiger partial charge >= 0.3 is 0 Å². The third kappa shape index (κ3) is 3.33. The third-order valence-corrected chi connectivity index (χ3v) is 5.03. The van der Waals surface area contributed by atoms with Gasteiger partial charge in [0.05, 0.1) is 0 Å². The molecule has 0 saturated carbocycles. The van der Waals surface area contributed by atoms with Crippen LogP contribution in [-0.2, 0) is 5.88 Å². The number of anilines is 1. The maximum Gasteiger partial charge on any atom is 0.0494 e. The quantitative estimate of drug-likeness (QED) is 0.732. The number of halogens is 2. The van der Waals surface area contributed by atoms with Gasteiger partial charge in [0.25, 0.3) is 0 Å². The van der Waals surface area contributed by atoms with Crippen LogP contribution in [0.3, 0.4) is 0 Å². The Bertz CT molecular complexity index is 408. The van der Waals surface area contributed by atoms with Gasteiger partial charge in [0, 0.05) is 39.6 Å². The molecule has 1 fully saturated rings. The Morgan fingerprint density at radius 3 is 2.88 bits per heavy atom. The first-order valence-electron chi connectivity index (χ1n) is 5.75. The van der Waals surface area contributed by atoms with E-state index in [-0.39, 0.29) is 0 Å². The van der Waals surface area contributed by atoms with Crippen LogP contribution in [0.2, 0.25) is 0 Å². The molecule has 0 aromatic heterocycles. The van der Waals surface area contributed by atoms with Gasteiger partial charge in [-0.05, 0) is 37.6 Å². The van der Waals surface area contributed by atoms with Crippen molar-refractivity contribution in [2.24, 2.45) is 0 Å². The topological polar surface area (TPSA) is 3.24 Å². The smallest absolute Gasteiger partial charge is 0.0494 e. The van der Waals surface area contributed by atoms with Crippen LogP contribution in [0.4, 0.5) is 5.69 Å². The van der Waals surface area contributed by atoms with Gasteiger partial charge in [-0.2, -0.15) is 11.8 Å². The Morgan fingerprint density at radius 1 is 1.47 bits per heavy atom. The highest BCUT2D eigenvalue weighted by atomic mass is 79.9. The standard InChI is InChI=1S/C13H17BrClNS/c1-13(2)9-16(5-6-17-13)12-4-3-11(14)7-10(12)8-15/h3-4,7H,5-6,8-9H2,1-2H3. The van der Waals surface area contributed by atoms with E-state index in [4.69, 9.17) is 11.6 Å². The summed E-state index contributed by atoms with van der Waals surface area (Å²) in [5.74, 6) is 1.75. The van der Waals surface area contributed by atoms with E-state index in [1.807, 2.05) is 0 Å². The number of nitrogens with zero attached hydrogens (tertiary/aromatic N) is 1. The molecule has 94 valence electrons. The lowest BCUT2D eigenvalue weighted by molar-refractivity contribution is 0.646. The Balaban J connectivity index is 2.27. The zero-order chi connectivity index (χ0) is 12.5. The molecule has 1 aromatic rings. The summed E-state index contributed by atoms with van der Waals surface area (Å²) >= 11 is 11.6. The number of alkyl halides is 1. The second kappa shape index (κ2) is 5.41. The van der Waals surface area contributed by atoms with Crippen molar-refractivity contribution < 1.29 is 0 Å². The van der Waals surface area contributed by atoms with E-state index in [0.717, 1.165) is 17.6 Å². The minimum atomic E-state index is 0.328. The normalized spacial score (nSPS) is 19.4. The lowest BCUT2D eigenvalue weighted by Gasteiger charge is -2.39. The molecule has 0 N–H and O–H groups in total. The minimum Gasteiger partial charge on any atom is -0.369 e. The van der Waals surface area contributed by atoms with Crippen LogP contribution in [0.25, 0.3) is 0 Å². The number of benzene rings is 1. The van der Waals surface area contributed by atoms with Gasteiger partial charge in [0.15, 0.2) is 0 Å². The summed E-state index contributed by atoms with van der Waals surface area (Å²) < 4.78 is 1.43. The summed E-state index contributed by atoms with van der Waals surface area (Å²) in [5.41, 5.74) is 2.50. The van der Waals surface area contributed by atoms with Gasteiger partial charge in [-0.15, -0.1) is 11.6 Å². The fraction of sp³-hybridized carbons (Fsp3) is 0.538. The van der Waals surface area contributed by atoms with Crippen molar-refractivity contribution in [1.82, 2.24) is 0 Å². The number of hydrogen-bond donors (Lipinski definition) is 0. The summed E-state index contributed by atoms with van der Waals surface area (Å²) in [4.78, 5) is 2.46. The van der Waals surface area contributed by atoms with E-state index in [0.29, 0.717) is 10.6 Å². The largest absolute Gasteiger partial charge is 0.369 e. The molecule has 0 bridgehead atoms. The van der Waals surface area contributed by atoms with E-state index in [9.17, 15) is 0 Å². The molecule has 1 aliphatic rings. The van der Waals surface area contributed by atoms with Crippen LogP contribution in [0.15, 0.2) is 22.7 Å². The molecule has 1 heterocycles. The Labute approximate surface area is 121 Å². The van der Waals surface area contributed by atoms with E-state index >= 15 is 0 Å². The molecule has 17 heavy (non-hydrogen) atoms. The lowest BCUT2D eigenvalue weighted by Crippen LogP contribution is -2.43. The van der Waals surface area contributed by atoms with Crippen molar-refractivity contribution in [2.75, 3.05) is 23.7 Å². The number of thioether (sulfide) groups is 1. The zero-order valence-corrected chi connectivity index (χ0v) is 13.3. The van der Waals surface area contributed by atoms with Gasteiger partial charge in [-0.25, -0.2) is 0 Å². The molecular weight excluding hydrogens is 318 g/mol. The highest BCUT2D eigenvalue weighted by Crippen LogP contribution is 2.34. The second-order valence-electron chi connectivity index (χ2n) is 4.94. The molecule has 1 nitrogen and oxygen atoms in total. The van der Waals surface area contributed by atoms with Crippen LogP contribution < -0.4 is 4.90 Å². The molecule has 0 unspecified atom stereocenters. The van der Waals surface area contributed by atoms with Crippen LogP contribution >= 0.6 is 39.3 Å². The molecular formula is C13H17BrClNS. The van der Waals surface area contributed by atoms with Crippen molar-refractivity contribution in [1.29, 1.82) is 0 Å². The Morgan fingerprint density at radius 2 is 2.24 bits per heavy atom. The summed E-state index contributed by atoms with van der Waals surface area (Å²) in [6, 6.07) is 6.39. The number of rotatable bonds is 2. The fourth-order valence-electron chi connectivity index (χ4n) is 2.19. The van der Waals surface area contributed by atoms with E-state index < -0.39 is 0 Å². The molecule has 1 aliphatic heterocycles. The van der Waals surface area contributed by atoms with E-state index in [1.165, 1.54) is 17.0 Å². The summed E-state index contributed by atoms with van der Waals surface area (Å²) in [6.07, 6.45) is 0. The average molecular weight is 335 g/mol. The first-order chi connectivity index (χ1) is 8.02. The van der Waals surface area contributed by atoms with Crippen molar-refractivity contribution in [3.63, 3.8) is 0 Å². The van der Waals surface area contributed by atoms with Crippen molar-refractivity contribution in [3.8, 4) is 0 Å². The Hall–Kier alpha value is 0.140. The molecule has 1 saturated heterocycles. The summed E-state index contributed by atoms with van der Waals surface area (Å²) in [6.45, 7) is 6.81. The van der Waals surface area contributed by atoms with Gasteiger partial charge in [-0.3, -0.25) is 0 Å². The SMILES string of the molecule is CC1(C)CN(c2ccc(Br)cc2CCl)CCS1. The first kappa shape index (κ1) is 13.6. The molecule has 1 aromatic carbocycles. The molecule has 0 aliphatic carbocycles. The summed E-state index contributed by atoms with van der Waals surface area (Å²) in [7, 11) is 0. The maximum atomic E-state index is 6.04. The van der Waals surface area contributed by atoms with Crippen molar-refractivity contribution in [3.05, 3.63) is 28.2 Å². The average Bonchev–Trinajstić information content (AvgIpc) is 2.27. The number of hydrogen-bond acceptors (Lipinski definition) is 2. The summed E-state index contributed by atoms with van der Waals surface area (Å²) in [5, 5.41) is 0. The van der Waals surface area contributed by atoms with Crippen LogP contribution in [0, 0.1) is 0 Å².